The molecule has 0 aromatic carbocycles. The molecule has 3 rings (SSSR count). The third kappa shape index (κ3) is 3.02. The van der Waals surface area contributed by atoms with E-state index >= 15 is 0 Å². The Hall–Kier alpha value is -1.62. The predicted octanol–water partition coefficient (Wildman–Crippen LogP) is 0.495. The molecule has 0 radical (unpaired) electrons. The van der Waals surface area contributed by atoms with E-state index in [0.717, 1.165) is 0 Å². The number of aromatic nitrogens is 3. The summed E-state index contributed by atoms with van der Waals surface area (Å²) in [4.78, 5) is 6.44. The average Bonchev–Trinajstić information content (AvgIpc) is 2.88. The maximum absolute atomic E-state index is 11.5. The Kier molecular flexibility index (Phi) is 4.56. The molecule has 24 heavy (non-hydrogen) atoms. The Morgan fingerprint density at radius 1 is 1.42 bits per heavy atom. The standard InChI is InChI=1S/C13H19ClN6O3S/c1-18(24(15,21)22)9-3-5-19(6-4-9)13-11-12(23-2)10(14)7-20(11)17-8-16-13/h7-9H,3-6H2,1-2H3,(H2,15,21,22). The molecule has 1 fully saturated rings. The van der Waals surface area contributed by atoms with Gasteiger partial charge in [0, 0.05) is 26.2 Å². The van der Waals surface area contributed by atoms with Crippen LogP contribution < -0.4 is 14.8 Å². The smallest absolute Gasteiger partial charge is 0.276 e. The van der Waals surface area contributed by atoms with Crippen molar-refractivity contribution in [3.05, 3.63) is 17.5 Å². The van der Waals surface area contributed by atoms with Crippen molar-refractivity contribution in [1.82, 2.24) is 18.9 Å². The van der Waals surface area contributed by atoms with Gasteiger partial charge in [0.2, 0.25) is 0 Å². The van der Waals surface area contributed by atoms with E-state index in [1.54, 1.807) is 17.8 Å². The van der Waals surface area contributed by atoms with E-state index in [2.05, 4.69) is 15.0 Å². The SMILES string of the molecule is COc1c(Cl)cn2ncnc(N3CCC(N(C)S(N)(=O)=O)CC3)c12. The topological polar surface area (TPSA) is 106 Å². The van der Waals surface area contributed by atoms with Crippen LogP contribution in [0.1, 0.15) is 12.8 Å². The van der Waals surface area contributed by atoms with E-state index < -0.39 is 10.2 Å². The lowest BCUT2D eigenvalue weighted by molar-refractivity contribution is 0.312. The quantitative estimate of drug-likeness (QED) is 0.835. The minimum atomic E-state index is -3.68. The maximum Gasteiger partial charge on any atom is 0.276 e. The number of nitrogens with two attached hydrogens (primary N) is 1. The largest absolute Gasteiger partial charge is 0.493 e. The van der Waals surface area contributed by atoms with Gasteiger partial charge < -0.3 is 9.64 Å². The zero-order valence-corrected chi connectivity index (χ0v) is 15.0. The molecule has 2 aromatic rings. The van der Waals surface area contributed by atoms with Gasteiger partial charge in [-0.1, -0.05) is 11.6 Å². The summed E-state index contributed by atoms with van der Waals surface area (Å²) in [7, 11) is -0.624. The lowest BCUT2D eigenvalue weighted by Crippen LogP contribution is -2.47. The molecule has 0 aliphatic carbocycles. The molecule has 0 atom stereocenters. The van der Waals surface area contributed by atoms with Crippen LogP contribution in [-0.2, 0) is 10.2 Å². The van der Waals surface area contributed by atoms with Crippen molar-refractivity contribution >= 4 is 33.1 Å². The molecule has 1 saturated heterocycles. The van der Waals surface area contributed by atoms with Gasteiger partial charge in [0.05, 0.1) is 13.3 Å². The highest BCUT2D eigenvalue weighted by molar-refractivity contribution is 7.86. The second-order valence-electron chi connectivity index (χ2n) is 5.67. The van der Waals surface area contributed by atoms with Crippen LogP contribution in [0.25, 0.3) is 5.52 Å². The third-order valence-corrected chi connectivity index (χ3v) is 5.72. The summed E-state index contributed by atoms with van der Waals surface area (Å²) in [5, 5.41) is 9.81. The summed E-state index contributed by atoms with van der Waals surface area (Å²) in [6.45, 7) is 1.28. The first-order valence-corrected chi connectivity index (χ1v) is 9.27. The molecule has 11 heteroatoms. The molecular formula is C13H19ClN6O3S. The van der Waals surface area contributed by atoms with Gasteiger partial charge in [-0.05, 0) is 12.8 Å². The first kappa shape index (κ1) is 17.2. The summed E-state index contributed by atoms with van der Waals surface area (Å²) >= 11 is 6.17. The minimum Gasteiger partial charge on any atom is -0.493 e. The van der Waals surface area contributed by atoms with Gasteiger partial charge in [-0.3, -0.25) is 0 Å². The van der Waals surface area contributed by atoms with Crippen LogP contribution in [-0.4, -0.2) is 60.6 Å². The van der Waals surface area contributed by atoms with E-state index in [4.69, 9.17) is 21.5 Å². The molecule has 0 saturated carbocycles. The summed E-state index contributed by atoms with van der Waals surface area (Å²) < 4.78 is 31.2. The number of hydrogen-bond donors (Lipinski definition) is 1. The van der Waals surface area contributed by atoms with Crippen molar-refractivity contribution in [2.75, 3.05) is 32.1 Å². The second kappa shape index (κ2) is 6.36. The number of fused-ring (bicyclic) bond motifs is 1. The fraction of sp³-hybridized carbons (Fsp3) is 0.538. The number of rotatable bonds is 4. The molecule has 2 aromatic heterocycles. The van der Waals surface area contributed by atoms with E-state index in [-0.39, 0.29) is 6.04 Å². The first-order chi connectivity index (χ1) is 11.3. The van der Waals surface area contributed by atoms with Crippen LogP contribution in [0.4, 0.5) is 5.82 Å². The van der Waals surface area contributed by atoms with Crippen molar-refractivity contribution < 1.29 is 13.2 Å². The normalized spacial score (nSPS) is 17.0. The Bertz CT molecular complexity index is 847. The third-order valence-electron chi connectivity index (χ3n) is 4.35. The highest BCUT2D eigenvalue weighted by atomic mass is 35.5. The summed E-state index contributed by atoms with van der Waals surface area (Å²) in [5.74, 6) is 1.24. The van der Waals surface area contributed by atoms with Crippen molar-refractivity contribution in [3.63, 3.8) is 0 Å². The van der Waals surface area contributed by atoms with Crippen LogP contribution in [0.15, 0.2) is 12.5 Å². The molecule has 1 aliphatic heterocycles. The molecule has 3 heterocycles. The zero-order chi connectivity index (χ0) is 17.5. The van der Waals surface area contributed by atoms with Gasteiger partial charge in [-0.25, -0.2) is 14.6 Å². The van der Waals surface area contributed by atoms with Crippen LogP contribution >= 0.6 is 11.6 Å². The number of anilines is 1. The number of halogens is 1. The predicted molar refractivity (Wildman–Crippen MR) is 90.7 cm³/mol. The highest BCUT2D eigenvalue weighted by Crippen LogP contribution is 2.36. The van der Waals surface area contributed by atoms with Crippen molar-refractivity contribution in [2.45, 2.75) is 18.9 Å². The van der Waals surface area contributed by atoms with Gasteiger partial charge in [0.15, 0.2) is 17.1 Å². The number of hydrogen-bond acceptors (Lipinski definition) is 6. The van der Waals surface area contributed by atoms with Gasteiger partial charge in [-0.2, -0.15) is 17.8 Å². The average molecular weight is 375 g/mol. The highest BCUT2D eigenvalue weighted by Gasteiger charge is 2.29. The van der Waals surface area contributed by atoms with E-state index in [1.165, 1.54) is 17.7 Å². The lowest BCUT2D eigenvalue weighted by atomic mass is 10.1. The van der Waals surface area contributed by atoms with E-state index in [9.17, 15) is 8.42 Å². The molecule has 132 valence electrons. The number of nitrogens with zero attached hydrogens (tertiary/aromatic N) is 5. The monoisotopic (exact) mass is 374 g/mol. The Labute approximate surface area is 145 Å². The zero-order valence-electron chi connectivity index (χ0n) is 13.4. The Morgan fingerprint density at radius 3 is 2.67 bits per heavy atom. The maximum atomic E-state index is 11.5. The molecule has 0 unspecified atom stereocenters. The Balaban J connectivity index is 1.86. The summed E-state index contributed by atoms with van der Waals surface area (Å²) in [6, 6.07) is -0.119. The molecule has 0 bridgehead atoms. The first-order valence-electron chi connectivity index (χ1n) is 7.39. The van der Waals surface area contributed by atoms with Gasteiger partial charge in [-0.15, -0.1) is 0 Å². The van der Waals surface area contributed by atoms with Crippen LogP contribution in [0.5, 0.6) is 5.75 Å². The van der Waals surface area contributed by atoms with Crippen molar-refractivity contribution in [3.8, 4) is 5.75 Å². The van der Waals surface area contributed by atoms with E-state index in [0.29, 0.717) is 48.0 Å². The van der Waals surface area contributed by atoms with Crippen molar-refractivity contribution in [2.24, 2.45) is 5.14 Å². The molecule has 9 nitrogen and oxygen atoms in total. The molecular weight excluding hydrogens is 356 g/mol. The van der Waals surface area contributed by atoms with E-state index in [1.807, 2.05) is 0 Å². The number of ether oxygens (including phenoxy) is 1. The van der Waals surface area contributed by atoms with Gasteiger partial charge >= 0.3 is 0 Å². The molecule has 1 aliphatic rings. The van der Waals surface area contributed by atoms with Crippen LogP contribution in [0.2, 0.25) is 5.02 Å². The molecule has 0 amide bonds. The molecule has 2 N–H and O–H groups in total. The van der Waals surface area contributed by atoms with Gasteiger partial charge in [0.1, 0.15) is 11.3 Å². The summed E-state index contributed by atoms with van der Waals surface area (Å²) in [5.41, 5.74) is 0.697. The molecule has 0 spiro atoms. The number of piperidine rings is 1. The minimum absolute atomic E-state index is 0.119. The fourth-order valence-electron chi connectivity index (χ4n) is 3.01. The van der Waals surface area contributed by atoms with Gasteiger partial charge in [0.25, 0.3) is 10.2 Å². The van der Waals surface area contributed by atoms with Crippen LogP contribution in [0, 0.1) is 0 Å². The van der Waals surface area contributed by atoms with Crippen molar-refractivity contribution in [1.29, 1.82) is 0 Å². The number of methoxy groups -OCH3 is 1. The van der Waals surface area contributed by atoms with Crippen LogP contribution in [0.3, 0.4) is 0 Å². The Morgan fingerprint density at radius 2 is 2.08 bits per heavy atom. The second-order valence-corrected chi connectivity index (χ2v) is 7.68. The lowest BCUT2D eigenvalue weighted by Gasteiger charge is -2.36. The summed E-state index contributed by atoms with van der Waals surface area (Å²) in [6.07, 6.45) is 4.43. The fourth-order valence-corrected chi connectivity index (χ4v) is 3.90.